The normalized spacial score (nSPS) is 20.2. The molecule has 0 saturated carbocycles. The van der Waals surface area contributed by atoms with Crippen LogP contribution in [0.3, 0.4) is 0 Å². The summed E-state index contributed by atoms with van der Waals surface area (Å²) in [5.41, 5.74) is 0. The first-order valence-corrected chi connectivity index (χ1v) is 6.92. The summed E-state index contributed by atoms with van der Waals surface area (Å²) in [6.45, 7) is 7.50. The zero-order valence-electron chi connectivity index (χ0n) is 12.2. The van der Waals surface area contributed by atoms with E-state index in [1.54, 1.807) is 11.8 Å². The third-order valence-electron chi connectivity index (χ3n) is 3.23. The SMILES string of the molecule is CC(C)Cn1ncnc1CN1CCC(=O)NC(C)C1=O. The lowest BCUT2D eigenvalue weighted by atomic mass is 10.2. The molecule has 0 spiro atoms. The summed E-state index contributed by atoms with van der Waals surface area (Å²) in [5.74, 6) is 1.05. The lowest BCUT2D eigenvalue weighted by Crippen LogP contribution is -2.42. The molecule has 2 amide bonds. The van der Waals surface area contributed by atoms with E-state index in [2.05, 4.69) is 29.2 Å². The van der Waals surface area contributed by atoms with Gasteiger partial charge in [-0.15, -0.1) is 0 Å². The Labute approximate surface area is 118 Å². The summed E-state index contributed by atoms with van der Waals surface area (Å²) < 4.78 is 1.82. The zero-order chi connectivity index (χ0) is 14.7. The molecule has 1 aliphatic heterocycles. The summed E-state index contributed by atoms with van der Waals surface area (Å²) in [6, 6.07) is -0.480. The molecule has 1 atom stereocenters. The fourth-order valence-electron chi connectivity index (χ4n) is 2.23. The standard InChI is InChI=1S/C13H21N5O2/c1-9(2)6-18-11(14-8-15-18)7-17-5-4-12(19)16-10(3)13(17)20/h8-10H,4-7H2,1-3H3,(H,16,19). The number of aromatic nitrogens is 3. The fourth-order valence-corrected chi connectivity index (χ4v) is 2.23. The topological polar surface area (TPSA) is 80.1 Å². The predicted molar refractivity (Wildman–Crippen MR) is 72.5 cm³/mol. The third-order valence-corrected chi connectivity index (χ3v) is 3.23. The van der Waals surface area contributed by atoms with Crippen molar-refractivity contribution in [3.8, 4) is 0 Å². The molecule has 1 aliphatic rings. The van der Waals surface area contributed by atoms with Crippen LogP contribution in [0.25, 0.3) is 0 Å². The Hall–Kier alpha value is -1.92. The van der Waals surface area contributed by atoms with Gasteiger partial charge < -0.3 is 10.2 Å². The highest BCUT2D eigenvalue weighted by molar-refractivity contribution is 5.89. The first kappa shape index (κ1) is 14.5. The molecule has 0 radical (unpaired) electrons. The lowest BCUT2D eigenvalue weighted by Gasteiger charge is -2.22. The van der Waals surface area contributed by atoms with Gasteiger partial charge in [-0.3, -0.25) is 9.59 Å². The van der Waals surface area contributed by atoms with Gasteiger partial charge in [0.15, 0.2) is 0 Å². The number of rotatable bonds is 4. The van der Waals surface area contributed by atoms with Gasteiger partial charge in [0.25, 0.3) is 0 Å². The van der Waals surface area contributed by atoms with E-state index in [1.807, 2.05) is 4.68 Å². The second-order valence-corrected chi connectivity index (χ2v) is 5.55. The average molecular weight is 279 g/mol. The Morgan fingerprint density at radius 2 is 2.20 bits per heavy atom. The molecule has 110 valence electrons. The van der Waals surface area contributed by atoms with Crippen LogP contribution in [0.2, 0.25) is 0 Å². The Bertz CT molecular complexity index is 497. The molecule has 1 fully saturated rings. The third kappa shape index (κ3) is 3.34. The van der Waals surface area contributed by atoms with Crippen LogP contribution in [0.15, 0.2) is 6.33 Å². The smallest absolute Gasteiger partial charge is 0.245 e. The van der Waals surface area contributed by atoms with Crippen molar-refractivity contribution in [3.05, 3.63) is 12.2 Å². The highest BCUT2D eigenvalue weighted by atomic mass is 16.2. The van der Waals surface area contributed by atoms with E-state index in [1.165, 1.54) is 6.33 Å². The Morgan fingerprint density at radius 3 is 2.90 bits per heavy atom. The molecule has 1 N–H and O–H groups in total. The number of nitrogens with zero attached hydrogens (tertiary/aromatic N) is 4. The second kappa shape index (κ2) is 6.02. The van der Waals surface area contributed by atoms with E-state index < -0.39 is 6.04 Å². The van der Waals surface area contributed by atoms with Gasteiger partial charge in [-0.05, 0) is 12.8 Å². The van der Waals surface area contributed by atoms with Crippen molar-refractivity contribution in [2.24, 2.45) is 5.92 Å². The van der Waals surface area contributed by atoms with E-state index in [0.717, 1.165) is 12.4 Å². The maximum absolute atomic E-state index is 12.2. The highest BCUT2D eigenvalue weighted by Gasteiger charge is 2.27. The summed E-state index contributed by atoms with van der Waals surface area (Å²) in [5, 5.41) is 6.86. The van der Waals surface area contributed by atoms with E-state index in [0.29, 0.717) is 25.4 Å². The molecule has 1 aromatic rings. The van der Waals surface area contributed by atoms with Gasteiger partial charge in [0.2, 0.25) is 11.8 Å². The molecule has 20 heavy (non-hydrogen) atoms. The van der Waals surface area contributed by atoms with Gasteiger partial charge in [0.1, 0.15) is 18.2 Å². The number of hydrogen-bond donors (Lipinski definition) is 1. The van der Waals surface area contributed by atoms with E-state index in [4.69, 9.17) is 0 Å². The van der Waals surface area contributed by atoms with Gasteiger partial charge in [-0.1, -0.05) is 13.8 Å². The molecule has 0 aromatic carbocycles. The van der Waals surface area contributed by atoms with Crippen molar-refractivity contribution >= 4 is 11.8 Å². The average Bonchev–Trinajstić information content (AvgIpc) is 2.74. The summed E-state index contributed by atoms with van der Waals surface area (Å²) in [4.78, 5) is 29.6. The predicted octanol–water partition coefficient (Wildman–Crippen LogP) is 0.171. The van der Waals surface area contributed by atoms with Gasteiger partial charge in [0, 0.05) is 19.5 Å². The summed E-state index contributed by atoms with van der Waals surface area (Å²) in [6.07, 6.45) is 1.83. The van der Waals surface area contributed by atoms with Crippen LogP contribution in [0.1, 0.15) is 33.0 Å². The van der Waals surface area contributed by atoms with Crippen molar-refractivity contribution in [2.45, 2.75) is 46.3 Å². The van der Waals surface area contributed by atoms with Crippen LogP contribution in [-0.4, -0.2) is 44.1 Å². The van der Waals surface area contributed by atoms with Crippen molar-refractivity contribution in [2.75, 3.05) is 6.54 Å². The summed E-state index contributed by atoms with van der Waals surface area (Å²) in [7, 11) is 0. The van der Waals surface area contributed by atoms with Gasteiger partial charge in [-0.25, -0.2) is 9.67 Å². The lowest BCUT2D eigenvalue weighted by molar-refractivity contribution is -0.133. The molecule has 2 heterocycles. The Morgan fingerprint density at radius 1 is 1.45 bits per heavy atom. The Kier molecular flexibility index (Phi) is 4.36. The Balaban J connectivity index is 2.10. The minimum atomic E-state index is -0.480. The number of carbonyl (C=O) groups excluding carboxylic acids is 2. The maximum atomic E-state index is 12.2. The largest absolute Gasteiger partial charge is 0.345 e. The van der Waals surface area contributed by atoms with E-state index in [9.17, 15) is 9.59 Å². The van der Waals surface area contributed by atoms with Crippen molar-refractivity contribution < 1.29 is 9.59 Å². The molecule has 1 aromatic heterocycles. The van der Waals surface area contributed by atoms with Crippen LogP contribution in [0.4, 0.5) is 0 Å². The highest BCUT2D eigenvalue weighted by Crippen LogP contribution is 2.09. The quantitative estimate of drug-likeness (QED) is 0.852. The van der Waals surface area contributed by atoms with Gasteiger partial charge in [0.05, 0.1) is 6.54 Å². The molecule has 1 unspecified atom stereocenters. The first-order valence-electron chi connectivity index (χ1n) is 6.92. The van der Waals surface area contributed by atoms with Crippen LogP contribution in [-0.2, 0) is 22.7 Å². The monoisotopic (exact) mass is 279 g/mol. The fraction of sp³-hybridized carbons (Fsp3) is 0.692. The van der Waals surface area contributed by atoms with Gasteiger partial charge >= 0.3 is 0 Å². The number of amides is 2. The van der Waals surface area contributed by atoms with E-state index >= 15 is 0 Å². The molecular weight excluding hydrogens is 258 g/mol. The molecule has 2 rings (SSSR count). The number of carbonyl (C=O) groups is 2. The van der Waals surface area contributed by atoms with Crippen molar-refractivity contribution in [1.29, 1.82) is 0 Å². The first-order chi connectivity index (χ1) is 9.47. The van der Waals surface area contributed by atoms with Crippen molar-refractivity contribution in [3.63, 3.8) is 0 Å². The summed E-state index contributed by atoms with van der Waals surface area (Å²) >= 11 is 0. The van der Waals surface area contributed by atoms with Gasteiger partial charge in [-0.2, -0.15) is 5.10 Å². The van der Waals surface area contributed by atoms with Crippen LogP contribution >= 0.6 is 0 Å². The zero-order valence-corrected chi connectivity index (χ0v) is 12.2. The molecule has 7 nitrogen and oxygen atoms in total. The van der Waals surface area contributed by atoms with Crippen LogP contribution in [0, 0.1) is 5.92 Å². The number of hydrogen-bond acceptors (Lipinski definition) is 4. The molecule has 0 aliphatic carbocycles. The minimum absolute atomic E-state index is 0.0741. The molecule has 7 heteroatoms. The maximum Gasteiger partial charge on any atom is 0.245 e. The van der Waals surface area contributed by atoms with Crippen LogP contribution in [0.5, 0.6) is 0 Å². The molecule has 1 saturated heterocycles. The van der Waals surface area contributed by atoms with Crippen molar-refractivity contribution in [1.82, 2.24) is 25.0 Å². The minimum Gasteiger partial charge on any atom is -0.345 e. The van der Waals surface area contributed by atoms with Crippen LogP contribution < -0.4 is 5.32 Å². The molecular formula is C13H21N5O2. The van der Waals surface area contributed by atoms with E-state index in [-0.39, 0.29) is 11.8 Å². The number of nitrogens with one attached hydrogen (secondary N) is 1. The molecule has 0 bridgehead atoms. The second-order valence-electron chi connectivity index (χ2n) is 5.55.